The Morgan fingerprint density at radius 3 is 2.43 bits per heavy atom. The van der Waals surface area contributed by atoms with E-state index in [4.69, 9.17) is 0 Å². The Bertz CT molecular complexity index is 686. The van der Waals surface area contributed by atoms with Crippen molar-refractivity contribution in [1.29, 1.82) is 0 Å². The number of hydrogen-bond acceptors (Lipinski definition) is 3. The van der Waals surface area contributed by atoms with Crippen molar-refractivity contribution in [3.05, 3.63) is 58.0 Å². The van der Waals surface area contributed by atoms with E-state index in [1.807, 2.05) is 35.4 Å². The van der Waals surface area contributed by atoms with Crippen molar-refractivity contribution in [2.24, 2.45) is 0 Å². The van der Waals surface area contributed by atoms with Crippen molar-refractivity contribution >= 4 is 29.0 Å². The highest BCUT2D eigenvalue weighted by atomic mass is 32.1. The van der Waals surface area contributed by atoms with Crippen LogP contribution in [0.2, 0.25) is 0 Å². The van der Waals surface area contributed by atoms with Crippen molar-refractivity contribution in [3.63, 3.8) is 0 Å². The molecule has 0 aliphatic carbocycles. The highest BCUT2D eigenvalue weighted by Crippen LogP contribution is 2.19. The summed E-state index contributed by atoms with van der Waals surface area (Å²) in [6.07, 6.45) is 1.94. The van der Waals surface area contributed by atoms with Crippen LogP contribution in [0, 0.1) is 5.82 Å². The number of benzene rings is 1. The van der Waals surface area contributed by atoms with Gasteiger partial charge in [-0.2, -0.15) is 0 Å². The monoisotopic (exact) mass is 330 g/mol. The largest absolute Gasteiger partial charge is 0.368 e. The number of thiophene rings is 1. The van der Waals surface area contributed by atoms with Gasteiger partial charge in [0.2, 0.25) is 5.91 Å². The summed E-state index contributed by atoms with van der Waals surface area (Å²) in [6, 6.07) is 10.5. The molecule has 120 valence electrons. The average Bonchev–Trinajstić information content (AvgIpc) is 3.08. The molecule has 0 bridgehead atoms. The Morgan fingerprint density at radius 2 is 1.83 bits per heavy atom. The van der Waals surface area contributed by atoms with E-state index >= 15 is 0 Å². The van der Waals surface area contributed by atoms with Gasteiger partial charge in [0.15, 0.2) is 0 Å². The smallest absolute Gasteiger partial charge is 0.249 e. The fourth-order valence-electron chi connectivity index (χ4n) is 2.72. The summed E-state index contributed by atoms with van der Waals surface area (Å²) in [6.45, 7) is 4.78. The number of amides is 1. The van der Waals surface area contributed by atoms with Gasteiger partial charge in [-0.1, -0.05) is 6.07 Å². The first-order valence-electron chi connectivity index (χ1n) is 7.65. The molecular weight excluding hydrogens is 311 g/mol. The van der Waals surface area contributed by atoms with E-state index in [0.29, 0.717) is 13.1 Å². The van der Waals surface area contributed by atoms with Crippen LogP contribution in [0.15, 0.2) is 47.4 Å². The third-order valence-electron chi connectivity index (χ3n) is 4.00. The first kappa shape index (κ1) is 15.7. The fourth-order valence-corrected chi connectivity index (χ4v) is 3.43. The first-order chi connectivity index (χ1) is 11.1. The number of hydrogen-bond donors (Lipinski definition) is 0. The molecule has 3 rings (SSSR count). The molecule has 5 heteroatoms. The summed E-state index contributed by atoms with van der Waals surface area (Å²) >= 11 is 1.63. The van der Waals surface area contributed by atoms with E-state index in [1.165, 1.54) is 12.1 Å². The Labute approximate surface area is 139 Å². The third kappa shape index (κ3) is 3.79. The van der Waals surface area contributed by atoms with E-state index in [-0.39, 0.29) is 11.7 Å². The summed E-state index contributed by atoms with van der Waals surface area (Å²) in [5.74, 6) is -0.131. The van der Waals surface area contributed by atoms with E-state index in [1.54, 1.807) is 23.5 Å². The molecule has 1 aromatic heterocycles. The summed E-state index contributed by atoms with van der Waals surface area (Å²) in [5, 5.41) is 2.01. The van der Waals surface area contributed by atoms with Crippen molar-refractivity contribution in [3.8, 4) is 0 Å². The lowest BCUT2D eigenvalue weighted by Gasteiger charge is -2.36. The van der Waals surface area contributed by atoms with Gasteiger partial charge in [0, 0.05) is 42.3 Å². The van der Waals surface area contributed by atoms with Gasteiger partial charge >= 0.3 is 0 Å². The highest BCUT2D eigenvalue weighted by molar-refractivity contribution is 7.10. The molecule has 1 aliphatic heterocycles. The van der Waals surface area contributed by atoms with Gasteiger partial charge in [-0.05, 0) is 48.7 Å². The molecule has 1 amide bonds. The number of carbonyl (C=O) groups is 1. The summed E-state index contributed by atoms with van der Waals surface area (Å²) in [7, 11) is 0. The number of nitrogens with zero attached hydrogens (tertiary/aromatic N) is 2. The number of piperazine rings is 1. The maximum atomic E-state index is 13.0. The topological polar surface area (TPSA) is 23.6 Å². The molecule has 0 atom stereocenters. The number of carbonyl (C=O) groups excluding carboxylic acids is 1. The van der Waals surface area contributed by atoms with Gasteiger partial charge in [0.1, 0.15) is 5.82 Å². The minimum absolute atomic E-state index is 0.0946. The van der Waals surface area contributed by atoms with Crippen LogP contribution >= 0.6 is 11.3 Å². The molecule has 0 N–H and O–H groups in total. The molecule has 2 aromatic rings. The van der Waals surface area contributed by atoms with Gasteiger partial charge in [-0.3, -0.25) is 4.79 Å². The Morgan fingerprint density at radius 1 is 1.13 bits per heavy atom. The molecule has 0 unspecified atom stereocenters. The molecule has 3 nitrogen and oxygen atoms in total. The molecule has 1 saturated heterocycles. The molecule has 23 heavy (non-hydrogen) atoms. The molecule has 0 radical (unpaired) electrons. The number of halogens is 1. The highest BCUT2D eigenvalue weighted by Gasteiger charge is 2.22. The average molecular weight is 330 g/mol. The second-order valence-corrected chi connectivity index (χ2v) is 6.58. The minimum Gasteiger partial charge on any atom is -0.368 e. The molecule has 1 aliphatic rings. The first-order valence-corrected chi connectivity index (χ1v) is 8.53. The Hall–Kier alpha value is -2.14. The zero-order valence-electron chi connectivity index (χ0n) is 13.0. The Balaban J connectivity index is 1.60. The van der Waals surface area contributed by atoms with Crippen LogP contribution in [0.5, 0.6) is 0 Å². The molecule has 2 heterocycles. The molecule has 1 aromatic carbocycles. The molecular formula is C18H19FN2OS. The van der Waals surface area contributed by atoms with Crippen LogP contribution < -0.4 is 4.90 Å². The normalized spacial score (nSPS) is 15.8. The zero-order valence-corrected chi connectivity index (χ0v) is 13.9. The maximum absolute atomic E-state index is 13.0. The predicted molar refractivity (Wildman–Crippen MR) is 93.2 cm³/mol. The number of anilines is 1. The van der Waals surface area contributed by atoms with E-state index in [9.17, 15) is 9.18 Å². The predicted octanol–water partition coefficient (Wildman–Crippen LogP) is 3.64. The van der Waals surface area contributed by atoms with Gasteiger partial charge in [-0.25, -0.2) is 4.39 Å². The molecule has 0 saturated carbocycles. The molecule has 1 fully saturated rings. The lowest BCUT2D eigenvalue weighted by molar-refractivity contribution is -0.127. The fraction of sp³-hybridized carbons (Fsp3) is 0.278. The standard InChI is InChI=1S/C18H19FN2OS/c1-14(13-17-3-2-12-23-17)18(22)21-10-8-20(9-11-21)16-6-4-15(19)5-7-16/h2-7,12-13H,8-11H2,1H3/b14-13+. The van der Waals surface area contributed by atoms with Crippen LogP contribution in [-0.2, 0) is 4.79 Å². The van der Waals surface area contributed by atoms with E-state index in [2.05, 4.69) is 4.90 Å². The zero-order chi connectivity index (χ0) is 16.2. The van der Waals surface area contributed by atoms with E-state index < -0.39 is 0 Å². The second-order valence-electron chi connectivity index (χ2n) is 5.60. The minimum atomic E-state index is -0.225. The van der Waals surface area contributed by atoms with Gasteiger partial charge in [-0.15, -0.1) is 11.3 Å². The van der Waals surface area contributed by atoms with Crippen molar-refractivity contribution in [1.82, 2.24) is 4.90 Å². The number of rotatable bonds is 3. The second kappa shape index (κ2) is 6.96. The van der Waals surface area contributed by atoms with Crippen molar-refractivity contribution in [2.75, 3.05) is 31.1 Å². The van der Waals surface area contributed by atoms with Gasteiger partial charge in [0.05, 0.1) is 0 Å². The molecule has 0 spiro atoms. The van der Waals surface area contributed by atoms with Crippen molar-refractivity contribution < 1.29 is 9.18 Å². The lowest BCUT2D eigenvalue weighted by Crippen LogP contribution is -2.49. The van der Waals surface area contributed by atoms with Crippen molar-refractivity contribution in [2.45, 2.75) is 6.92 Å². The van der Waals surface area contributed by atoms with Crippen LogP contribution in [0.1, 0.15) is 11.8 Å². The van der Waals surface area contributed by atoms with E-state index in [0.717, 1.165) is 29.2 Å². The van der Waals surface area contributed by atoms with Crippen LogP contribution in [0.3, 0.4) is 0 Å². The summed E-state index contributed by atoms with van der Waals surface area (Å²) in [5.41, 5.74) is 1.77. The third-order valence-corrected chi connectivity index (χ3v) is 4.82. The summed E-state index contributed by atoms with van der Waals surface area (Å²) in [4.78, 5) is 17.7. The summed E-state index contributed by atoms with van der Waals surface area (Å²) < 4.78 is 13.0. The van der Waals surface area contributed by atoms with Crippen LogP contribution in [-0.4, -0.2) is 37.0 Å². The SMILES string of the molecule is C/C(=C\c1cccs1)C(=O)N1CCN(c2ccc(F)cc2)CC1. The van der Waals surface area contributed by atoms with Gasteiger partial charge in [0.25, 0.3) is 0 Å². The van der Waals surface area contributed by atoms with Gasteiger partial charge < -0.3 is 9.80 Å². The van der Waals surface area contributed by atoms with Crippen LogP contribution in [0.4, 0.5) is 10.1 Å². The Kier molecular flexibility index (Phi) is 4.76. The maximum Gasteiger partial charge on any atom is 0.249 e. The quantitative estimate of drug-likeness (QED) is 0.802. The van der Waals surface area contributed by atoms with Crippen LogP contribution in [0.25, 0.3) is 6.08 Å². The lowest BCUT2D eigenvalue weighted by atomic mass is 10.2.